The van der Waals surface area contributed by atoms with Crippen LogP contribution in [-0.4, -0.2) is 46.9 Å². The molecule has 0 spiro atoms. The van der Waals surface area contributed by atoms with Crippen molar-refractivity contribution in [2.45, 2.75) is 26.3 Å². The van der Waals surface area contributed by atoms with Gasteiger partial charge in [-0.3, -0.25) is 9.69 Å². The van der Waals surface area contributed by atoms with Crippen molar-refractivity contribution in [3.63, 3.8) is 0 Å². The van der Waals surface area contributed by atoms with Crippen LogP contribution in [0.4, 0.5) is 4.39 Å². The molecule has 146 valence electrons. The van der Waals surface area contributed by atoms with Crippen LogP contribution in [-0.2, 0) is 17.8 Å². The highest BCUT2D eigenvalue weighted by Gasteiger charge is 2.21. The number of rotatable bonds is 4. The third kappa shape index (κ3) is 4.09. The molecule has 2 heterocycles. The monoisotopic (exact) mass is 379 g/mol. The number of carbonyl (C=O) groups is 1. The van der Waals surface area contributed by atoms with Gasteiger partial charge in [0.25, 0.3) is 0 Å². The molecule has 2 aromatic carbocycles. The number of amides is 1. The van der Waals surface area contributed by atoms with E-state index in [2.05, 4.69) is 22.0 Å². The van der Waals surface area contributed by atoms with Gasteiger partial charge in [0.05, 0.1) is 6.42 Å². The molecule has 0 aliphatic carbocycles. The second-order valence-electron chi connectivity index (χ2n) is 7.59. The number of fused-ring (bicyclic) bond motifs is 1. The van der Waals surface area contributed by atoms with Crippen molar-refractivity contribution in [1.82, 2.24) is 14.8 Å². The summed E-state index contributed by atoms with van der Waals surface area (Å²) in [5, 5.41) is 1.14. The molecular formula is C23H26FN3O. The van der Waals surface area contributed by atoms with Crippen LogP contribution < -0.4 is 0 Å². The predicted octanol–water partition coefficient (Wildman–Crippen LogP) is 3.89. The fourth-order valence-corrected chi connectivity index (χ4v) is 4.05. The summed E-state index contributed by atoms with van der Waals surface area (Å²) in [6.45, 7) is 6.16. The largest absolute Gasteiger partial charge is 0.358 e. The number of aromatic amines is 1. The van der Waals surface area contributed by atoms with E-state index in [1.807, 2.05) is 36.1 Å². The highest BCUT2D eigenvalue weighted by atomic mass is 19.1. The van der Waals surface area contributed by atoms with Crippen LogP contribution >= 0.6 is 0 Å². The molecular weight excluding hydrogens is 353 g/mol. The molecule has 0 bridgehead atoms. The molecule has 1 aromatic heterocycles. The van der Waals surface area contributed by atoms with E-state index < -0.39 is 0 Å². The Morgan fingerprint density at radius 2 is 1.82 bits per heavy atom. The van der Waals surface area contributed by atoms with Gasteiger partial charge in [0.2, 0.25) is 5.91 Å². The molecule has 1 amide bonds. The number of hydrogen-bond donors (Lipinski definition) is 1. The summed E-state index contributed by atoms with van der Waals surface area (Å²) in [6.07, 6.45) is 1.40. The summed E-state index contributed by atoms with van der Waals surface area (Å²) in [4.78, 5) is 20.7. The lowest BCUT2D eigenvalue weighted by molar-refractivity contribution is -0.130. The maximum Gasteiger partial charge on any atom is 0.227 e. The molecule has 4 rings (SSSR count). The van der Waals surface area contributed by atoms with Crippen LogP contribution in [0, 0.1) is 12.7 Å². The molecule has 1 aliphatic rings. The first-order valence-electron chi connectivity index (χ1n) is 9.91. The smallest absolute Gasteiger partial charge is 0.227 e. The fourth-order valence-electron chi connectivity index (χ4n) is 4.05. The number of halogens is 1. The van der Waals surface area contributed by atoms with Crippen molar-refractivity contribution in [2.24, 2.45) is 0 Å². The van der Waals surface area contributed by atoms with Crippen LogP contribution in [0.15, 0.2) is 48.5 Å². The van der Waals surface area contributed by atoms with E-state index >= 15 is 0 Å². The van der Waals surface area contributed by atoms with Crippen LogP contribution in [0.2, 0.25) is 0 Å². The lowest BCUT2D eigenvalue weighted by Crippen LogP contribution is -2.36. The standard InChI is InChI=1S/C23H26FN3O/c1-17-21(20-5-2-3-6-22(20)25-17)15-23(28)27-12-4-11-26(13-14-27)16-18-7-9-19(24)10-8-18/h2-3,5-10,25H,4,11-16H2,1H3. The zero-order chi connectivity index (χ0) is 19.5. The number of hydrogen-bond acceptors (Lipinski definition) is 2. The summed E-state index contributed by atoms with van der Waals surface area (Å²) in [5.74, 6) is -0.0135. The number of carbonyl (C=O) groups excluding carboxylic acids is 1. The van der Waals surface area contributed by atoms with Crippen molar-refractivity contribution < 1.29 is 9.18 Å². The van der Waals surface area contributed by atoms with Gasteiger partial charge in [-0.15, -0.1) is 0 Å². The lowest BCUT2D eigenvalue weighted by atomic mass is 10.1. The second-order valence-corrected chi connectivity index (χ2v) is 7.59. The molecule has 1 saturated heterocycles. The minimum absolute atomic E-state index is 0.191. The minimum atomic E-state index is -0.205. The lowest BCUT2D eigenvalue weighted by Gasteiger charge is -2.22. The van der Waals surface area contributed by atoms with Crippen molar-refractivity contribution in [3.05, 3.63) is 71.2 Å². The Balaban J connectivity index is 1.39. The predicted molar refractivity (Wildman–Crippen MR) is 110 cm³/mol. The number of aryl methyl sites for hydroxylation is 1. The first kappa shape index (κ1) is 18.7. The quantitative estimate of drug-likeness (QED) is 0.747. The molecule has 0 atom stereocenters. The Morgan fingerprint density at radius 3 is 2.64 bits per heavy atom. The van der Waals surface area contributed by atoms with Crippen molar-refractivity contribution in [3.8, 4) is 0 Å². The van der Waals surface area contributed by atoms with Gasteiger partial charge in [-0.2, -0.15) is 0 Å². The molecule has 5 heteroatoms. The molecule has 1 aliphatic heterocycles. The van der Waals surface area contributed by atoms with Gasteiger partial charge in [0.15, 0.2) is 0 Å². The highest BCUT2D eigenvalue weighted by molar-refractivity contribution is 5.90. The molecule has 3 aromatic rings. The topological polar surface area (TPSA) is 39.3 Å². The number of benzene rings is 2. The van der Waals surface area contributed by atoms with E-state index in [4.69, 9.17) is 0 Å². The van der Waals surface area contributed by atoms with Gasteiger partial charge >= 0.3 is 0 Å². The van der Waals surface area contributed by atoms with E-state index in [0.29, 0.717) is 6.42 Å². The Hall–Kier alpha value is -2.66. The van der Waals surface area contributed by atoms with Crippen molar-refractivity contribution in [2.75, 3.05) is 26.2 Å². The third-order valence-electron chi connectivity index (χ3n) is 5.62. The van der Waals surface area contributed by atoms with E-state index in [0.717, 1.165) is 66.9 Å². The molecule has 1 fully saturated rings. The van der Waals surface area contributed by atoms with Gasteiger partial charge in [-0.1, -0.05) is 30.3 Å². The van der Waals surface area contributed by atoms with E-state index in [1.165, 1.54) is 12.1 Å². The van der Waals surface area contributed by atoms with E-state index in [9.17, 15) is 9.18 Å². The van der Waals surface area contributed by atoms with Crippen LogP contribution in [0.1, 0.15) is 23.2 Å². The number of para-hydroxylation sites is 1. The zero-order valence-electron chi connectivity index (χ0n) is 16.2. The minimum Gasteiger partial charge on any atom is -0.358 e. The average Bonchev–Trinajstić information content (AvgIpc) is 2.86. The first-order valence-corrected chi connectivity index (χ1v) is 9.91. The van der Waals surface area contributed by atoms with Gasteiger partial charge in [-0.25, -0.2) is 4.39 Å². The molecule has 0 unspecified atom stereocenters. The summed E-state index contributed by atoms with van der Waals surface area (Å²) in [7, 11) is 0. The second kappa shape index (κ2) is 8.15. The normalized spacial score (nSPS) is 15.7. The molecule has 28 heavy (non-hydrogen) atoms. The number of H-pyrrole nitrogens is 1. The Kier molecular flexibility index (Phi) is 5.44. The third-order valence-corrected chi connectivity index (χ3v) is 5.62. The van der Waals surface area contributed by atoms with Gasteiger partial charge in [-0.05, 0) is 42.7 Å². The first-order chi connectivity index (χ1) is 13.6. The van der Waals surface area contributed by atoms with Gasteiger partial charge in [0, 0.05) is 49.3 Å². The summed E-state index contributed by atoms with van der Waals surface area (Å²) in [5.41, 5.74) is 4.37. The summed E-state index contributed by atoms with van der Waals surface area (Å²) < 4.78 is 13.1. The van der Waals surface area contributed by atoms with Crippen molar-refractivity contribution in [1.29, 1.82) is 0 Å². The molecule has 1 N–H and O–H groups in total. The van der Waals surface area contributed by atoms with Crippen LogP contribution in [0.5, 0.6) is 0 Å². The van der Waals surface area contributed by atoms with Gasteiger partial charge < -0.3 is 9.88 Å². The maximum absolute atomic E-state index is 13.1. The molecule has 4 nitrogen and oxygen atoms in total. The van der Waals surface area contributed by atoms with Crippen LogP contribution in [0.25, 0.3) is 10.9 Å². The average molecular weight is 379 g/mol. The Labute approximate surface area is 165 Å². The van der Waals surface area contributed by atoms with E-state index in [-0.39, 0.29) is 11.7 Å². The SMILES string of the molecule is Cc1[nH]c2ccccc2c1CC(=O)N1CCCN(Cc2ccc(F)cc2)CC1. The summed E-state index contributed by atoms with van der Waals surface area (Å²) >= 11 is 0. The van der Waals surface area contributed by atoms with Gasteiger partial charge in [0.1, 0.15) is 5.82 Å². The number of nitrogens with one attached hydrogen (secondary N) is 1. The van der Waals surface area contributed by atoms with Crippen molar-refractivity contribution >= 4 is 16.8 Å². The fraction of sp³-hybridized carbons (Fsp3) is 0.348. The Bertz CT molecular complexity index is 964. The summed E-state index contributed by atoms with van der Waals surface area (Å²) in [6, 6.07) is 14.8. The van der Waals surface area contributed by atoms with E-state index in [1.54, 1.807) is 0 Å². The number of aromatic nitrogens is 1. The number of nitrogens with zero attached hydrogens (tertiary/aromatic N) is 2. The van der Waals surface area contributed by atoms with Crippen LogP contribution in [0.3, 0.4) is 0 Å². The highest BCUT2D eigenvalue weighted by Crippen LogP contribution is 2.23. The Morgan fingerprint density at radius 1 is 1.04 bits per heavy atom. The maximum atomic E-state index is 13.1. The zero-order valence-corrected chi connectivity index (χ0v) is 16.2. The molecule has 0 radical (unpaired) electrons. The molecule has 0 saturated carbocycles.